The summed E-state index contributed by atoms with van der Waals surface area (Å²) in [6.45, 7) is 0.172. The molecule has 0 saturated carbocycles. The van der Waals surface area contributed by atoms with Crippen LogP contribution in [0, 0.1) is 5.82 Å². The summed E-state index contributed by atoms with van der Waals surface area (Å²) in [6, 6.07) is 8.97. The number of ether oxygens (including phenoxy) is 2. The molecule has 0 unspecified atom stereocenters. The Labute approximate surface area is 126 Å². The van der Waals surface area contributed by atoms with Gasteiger partial charge in [-0.3, -0.25) is 0 Å². The first-order valence-corrected chi connectivity index (χ1v) is 6.50. The molecule has 0 amide bonds. The van der Waals surface area contributed by atoms with Gasteiger partial charge in [-0.05, 0) is 23.8 Å². The molecule has 2 aromatic carbocycles. The van der Waals surface area contributed by atoms with Gasteiger partial charge >= 0.3 is 7.12 Å². The normalized spacial score (nSPS) is 10.3. The van der Waals surface area contributed by atoms with E-state index >= 15 is 0 Å². The van der Waals surface area contributed by atoms with Gasteiger partial charge in [-0.2, -0.15) is 0 Å². The molecule has 7 heteroatoms. The Morgan fingerprint density at radius 1 is 1.19 bits per heavy atom. The Morgan fingerprint density at radius 3 is 2.57 bits per heavy atom. The fourth-order valence-electron chi connectivity index (χ4n) is 1.81. The van der Waals surface area contributed by atoms with Crippen molar-refractivity contribution in [3.05, 3.63) is 52.8 Å². The first-order valence-electron chi connectivity index (χ1n) is 6.12. The Bertz CT molecular complexity index is 636. The molecule has 2 N–H and O–H groups in total. The standard InChI is InChI=1S/C14H13BClFO4/c1-20-14-5-2-9(6-11(14)15(18)19)8-21-10-3-4-13(17)12(16)7-10/h2-7,18-19H,8H2,1H3. The largest absolute Gasteiger partial charge is 0.497 e. The van der Waals surface area contributed by atoms with Crippen molar-refractivity contribution in [3.8, 4) is 11.5 Å². The third-order valence-electron chi connectivity index (χ3n) is 2.87. The van der Waals surface area contributed by atoms with Gasteiger partial charge in [0.1, 0.15) is 23.9 Å². The smallest absolute Gasteiger partial charge is 0.492 e. The molecule has 110 valence electrons. The van der Waals surface area contributed by atoms with Crippen molar-refractivity contribution in [3.63, 3.8) is 0 Å². The van der Waals surface area contributed by atoms with Gasteiger partial charge in [-0.25, -0.2) is 4.39 Å². The van der Waals surface area contributed by atoms with Gasteiger partial charge in [0.15, 0.2) is 0 Å². The highest BCUT2D eigenvalue weighted by molar-refractivity contribution is 6.59. The van der Waals surface area contributed by atoms with Gasteiger partial charge in [0, 0.05) is 11.5 Å². The zero-order chi connectivity index (χ0) is 15.4. The number of hydrogen-bond donors (Lipinski definition) is 2. The predicted octanol–water partition coefficient (Wildman–Crippen LogP) is 1.75. The van der Waals surface area contributed by atoms with Crippen LogP contribution in [0.3, 0.4) is 0 Å². The maximum atomic E-state index is 13.0. The molecular formula is C14H13BClFO4. The van der Waals surface area contributed by atoms with Gasteiger partial charge in [0.25, 0.3) is 0 Å². The van der Waals surface area contributed by atoms with Crippen LogP contribution >= 0.6 is 11.6 Å². The summed E-state index contributed by atoms with van der Waals surface area (Å²) in [7, 11) is -0.196. The zero-order valence-corrected chi connectivity index (χ0v) is 12.0. The highest BCUT2D eigenvalue weighted by atomic mass is 35.5. The maximum Gasteiger partial charge on any atom is 0.492 e. The van der Waals surface area contributed by atoms with E-state index in [9.17, 15) is 14.4 Å². The fourth-order valence-corrected chi connectivity index (χ4v) is 1.98. The van der Waals surface area contributed by atoms with Gasteiger partial charge in [-0.15, -0.1) is 0 Å². The lowest BCUT2D eigenvalue weighted by atomic mass is 9.79. The molecule has 2 aromatic rings. The van der Waals surface area contributed by atoms with Crippen LogP contribution in [-0.2, 0) is 6.61 Å². The quantitative estimate of drug-likeness (QED) is 0.826. The average molecular weight is 311 g/mol. The Balaban J connectivity index is 2.12. The van der Waals surface area contributed by atoms with E-state index < -0.39 is 12.9 Å². The highest BCUT2D eigenvalue weighted by Gasteiger charge is 2.17. The molecule has 21 heavy (non-hydrogen) atoms. The molecule has 0 atom stereocenters. The van der Waals surface area contributed by atoms with Crippen molar-refractivity contribution < 1.29 is 23.9 Å². The average Bonchev–Trinajstić information content (AvgIpc) is 2.48. The van der Waals surface area contributed by atoms with E-state index in [0.717, 1.165) is 0 Å². The molecule has 0 saturated heterocycles. The number of hydrogen-bond acceptors (Lipinski definition) is 4. The summed E-state index contributed by atoms with van der Waals surface area (Å²) < 4.78 is 23.5. The monoisotopic (exact) mass is 310 g/mol. The third-order valence-corrected chi connectivity index (χ3v) is 3.16. The lowest BCUT2D eigenvalue weighted by Crippen LogP contribution is -2.31. The van der Waals surface area contributed by atoms with Crippen molar-refractivity contribution in [1.82, 2.24) is 0 Å². The second-order valence-electron chi connectivity index (χ2n) is 4.31. The summed E-state index contributed by atoms with van der Waals surface area (Å²) in [5.41, 5.74) is 0.954. The van der Waals surface area contributed by atoms with E-state index in [2.05, 4.69) is 0 Å². The van der Waals surface area contributed by atoms with E-state index in [4.69, 9.17) is 21.1 Å². The number of methoxy groups -OCH3 is 1. The van der Waals surface area contributed by atoms with Crippen molar-refractivity contribution in [2.24, 2.45) is 0 Å². The fraction of sp³-hybridized carbons (Fsp3) is 0.143. The van der Waals surface area contributed by atoms with E-state index in [1.165, 1.54) is 25.3 Å². The summed E-state index contributed by atoms with van der Waals surface area (Å²) in [5.74, 6) is 0.279. The Kier molecular flexibility index (Phi) is 5.06. The molecule has 0 aliphatic heterocycles. The van der Waals surface area contributed by atoms with E-state index in [1.54, 1.807) is 18.2 Å². The minimum Gasteiger partial charge on any atom is -0.497 e. The number of halogens is 2. The van der Waals surface area contributed by atoms with Crippen molar-refractivity contribution >= 4 is 24.2 Å². The maximum absolute atomic E-state index is 13.0. The van der Waals surface area contributed by atoms with Crippen LogP contribution in [0.2, 0.25) is 5.02 Å². The highest BCUT2D eigenvalue weighted by Crippen LogP contribution is 2.22. The second kappa shape index (κ2) is 6.80. The van der Waals surface area contributed by atoms with Crippen LogP contribution in [0.4, 0.5) is 4.39 Å². The predicted molar refractivity (Wildman–Crippen MR) is 78.6 cm³/mol. The molecule has 2 rings (SSSR count). The lowest BCUT2D eigenvalue weighted by Gasteiger charge is -2.11. The molecule has 0 heterocycles. The Hall–Kier alpha value is -1.76. The van der Waals surface area contributed by atoms with Crippen LogP contribution in [0.5, 0.6) is 11.5 Å². The first-order chi connectivity index (χ1) is 10.0. The summed E-state index contributed by atoms with van der Waals surface area (Å²) in [5, 5.41) is 18.6. The van der Waals surface area contributed by atoms with E-state index in [1.807, 2.05) is 0 Å². The SMILES string of the molecule is COc1ccc(COc2ccc(F)c(Cl)c2)cc1B(O)O. The zero-order valence-electron chi connectivity index (χ0n) is 11.2. The van der Waals surface area contributed by atoms with Crippen LogP contribution in [0.15, 0.2) is 36.4 Å². The Morgan fingerprint density at radius 2 is 1.95 bits per heavy atom. The summed E-state index contributed by atoms with van der Waals surface area (Å²) >= 11 is 5.66. The summed E-state index contributed by atoms with van der Waals surface area (Å²) in [4.78, 5) is 0. The van der Waals surface area contributed by atoms with Gasteiger partial charge in [0.05, 0.1) is 12.1 Å². The van der Waals surface area contributed by atoms with Crippen LogP contribution in [-0.4, -0.2) is 24.3 Å². The van der Waals surface area contributed by atoms with Gasteiger partial charge in [0.2, 0.25) is 0 Å². The van der Waals surface area contributed by atoms with Crippen LogP contribution < -0.4 is 14.9 Å². The van der Waals surface area contributed by atoms with Crippen LogP contribution in [0.1, 0.15) is 5.56 Å². The van der Waals surface area contributed by atoms with E-state index in [-0.39, 0.29) is 17.1 Å². The molecule has 0 aliphatic carbocycles. The summed E-state index contributed by atoms with van der Waals surface area (Å²) in [6.07, 6.45) is 0. The topological polar surface area (TPSA) is 58.9 Å². The van der Waals surface area contributed by atoms with Crippen molar-refractivity contribution in [1.29, 1.82) is 0 Å². The van der Waals surface area contributed by atoms with Crippen molar-refractivity contribution in [2.75, 3.05) is 7.11 Å². The lowest BCUT2D eigenvalue weighted by molar-refractivity contribution is 0.305. The molecule has 0 fully saturated rings. The van der Waals surface area contributed by atoms with Crippen LogP contribution in [0.25, 0.3) is 0 Å². The molecule has 0 aliphatic rings. The molecule has 4 nitrogen and oxygen atoms in total. The van der Waals surface area contributed by atoms with Gasteiger partial charge < -0.3 is 19.5 Å². The molecule has 0 spiro atoms. The van der Waals surface area contributed by atoms with Gasteiger partial charge in [-0.1, -0.05) is 23.7 Å². The van der Waals surface area contributed by atoms with Crippen molar-refractivity contribution in [2.45, 2.75) is 6.61 Å². The third kappa shape index (κ3) is 3.88. The molecule has 0 bridgehead atoms. The molecule has 0 aromatic heterocycles. The van der Waals surface area contributed by atoms with E-state index in [0.29, 0.717) is 17.1 Å². The minimum absolute atomic E-state index is 0.0197. The number of benzene rings is 2. The molecule has 0 radical (unpaired) electrons. The second-order valence-corrected chi connectivity index (χ2v) is 4.72. The first kappa shape index (κ1) is 15.6. The minimum atomic E-state index is -1.64. The number of rotatable bonds is 5. The molecular weight excluding hydrogens is 297 g/mol.